The Bertz CT molecular complexity index is 171. The van der Waals surface area contributed by atoms with Crippen LogP contribution in [0.5, 0.6) is 0 Å². The molecule has 1 unspecified atom stereocenters. The fourth-order valence-electron chi connectivity index (χ4n) is 1.76. The van der Waals surface area contributed by atoms with Crippen LogP contribution >= 0.6 is 0 Å². The van der Waals surface area contributed by atoms with Crippen LogP contribution in [0.1, 0.15) is 52.4 Å². The number of carbonyl (C=O) groups excluding carboxylic acids is 1. The molecule has 0 heterocycles. The van der Waals surface area contributed by atoms with Crippen molar-refractivity contribution in [3.05, 3.63) is 0 Å². The van der Waals surface area contributed by atoms with E-state index in [0.717, 1.165) is 12.8 Å². The highest BCUT2D eigenvalue weighted by Gasteiger charge is 2.14. The maximum absolute atomic E-state index is 11.7. The minimum absolute atomic E-state index is 0.189. The molecule has 0 spiro atoms. The summed E-state index contributed by atoms with van der Waals surface area (Å²) in [6, 6.07) is 0. The summed E-state index contributed by atoms with van der Waals surface area (Å²) in [5.74, 6) is 0.379. The monoisotopic (exact) mass is 229 g/mol. The van der Waals surface area contributed by atoms with Crippen molar-refractivity contribution in [1.29, 1.82) is 0 Å². The molecule has 3 nitrogen and oxygen atoms in total. The quantitative estimate of drug-likeness (QED) is 0.585. The summed E-state index contributed by atoms with van der Waals surface area (Å²) in [6.07, 6.45) is 6.90. The zero-order valence-corrected chi connectivity index (χ0v) is 11.1. The van der Waals surface area contributed by atoms with Crippen LogP contribution in [0.25, 0.3) is 0 Å². The van der Waals surface area contributed by atoms with Gasteiger partial charge >= 0.3 is 0 Å². The van der Waals surface area contributed by atoms with Crippen molar-refractivity contribution in [2.75, 3.05) is 20.3 Å². The number of ether oxygens (including phenoxy) is 1. The lowest BCUT2D eigenvalue weighted by Gasteiger charge is -2.14. The largest absolute Gasteiger partial charge is 0.383 e. The van der Waals surface area contributed by atoms with E-state index in [0.29, 0.717) is 13.2 Å². The van der Waals surface area contributed by atoms with E-state index in [2.05, 4.69) is 19.2 Å². The van der Waals surface area contributed by atoms with Gasteiger partial charge in [-0.25, -0.2) is 0 Å². The van der Waals surface area contributed by atoms with E-state index in [4.69, 9.17) is 4.74 Å². The number of nitrogens with one attached hydrogen (secondary N) is 1. The highest BCUT2D eigenvalue weighted by molar-refractivity contribution is 5.78. The van der Waals surface area contributed by atoms with Gasteiger partial charge in [0.05, 0.1) is 6.61 Å². The Morgan fingerprint density at radius 3 is 2.56 bits per heavy atom. The Kier molecular flexibility index (Phi) is 10.5. The predicted octanol–water partition coefficient (Wildman–Crippen LogP) is 2.75. The van der Waals surface area contributed by atoms with Crippen LogP contribution in [0.4, 0.5) is 0 Å². The van der Waals surface area contributed by atoms with Crippen LogP contribution in [0.3, 0.4) is 0 Å². The van der Waals surface area contributed by atoms with Gasteiger partial charge in [0.15, 0.2) is 0 Å². The molecule has 0 aliphatic carbocycles. The SMILES string of the molecule is CCCCCCC(CC)C(=O)NCCOC. The molecule has 1 amide bonds. The lowest BCUT2D eigenvalue weighted by atomic mass is 9.97. The standard InChI is InChI=1S/C13H27NO2/c1-4-6-7-8-9-12(5-2)13(15)14-10-11-16-3/h12H,4-11H2,1-3H3,(H,14,15). The molecule has 0 radical (unpaired) electrons. The lowest BCUT2D eigenvalue weighted by molar-refractivity contribution is -0.125. The zero-order chi connectivity index (χ0) is 12.2. The molecule has 0 fully saturated rings. The average Bonchev–Trinajstić information content (AvgIpc) is 2.29. The van der Waals surface area contributed by atoms with Gasteiger partial charge in [-0.3, -0.25) is 4.79 Å². The Morgan fingerprint density at radius 1 is 1.25 bits per heavy atom. The van der Waals surface area contributed by atoms with E-state index in [9.17, 15) is 4.79 Å². The van der Waals surface area contributed by atoms with Crippen molar-refractivity contribution in [2.45, 2.75) is 52.4 Å². The van der Waals surface area contributed by atoms with Crippen LogP contribution in [-0.4, -0.2) is 26.2 Å². The molecule has 0 aromatic heterocycles. The molecular weight excluding hydrogens is 202 g/mol. The Labute approximate surface area is 99.9 Å². The van der Waals surface area contributed by atoms with E-state index in [1.807, 2.05) is 0 Å². The average molecular weight is 229 g/mol. The van der Waals surface area contributed by atoms with Crippen molar-refractivity contribution >= 4 is 5.91 Å². The van der Waals surface area contributed by atoms with Crippen molar-refractivity contribution in [1.82, 2.24) is 5.32 Å². The van der Waals surface area contributed by atoms with E-state index >= 15 is 0 Å². The molecule has 1 N–H and O–H groups in total. The Hall–Kier alpha value is -0.570. The molecule has 0 bridgehead atoms. The second-order valence-corrected chi connectivity index (χ2v) is 4.24. The number of rotatable bonds is 10. The molecule has 3 heteroatoms. The van der Waals surface area contributed by atoms with Crippen molar-refractivity contribution in [3.8, 4) is 0 Å². The summed E-state index contributed by atoms with van der Waals surface area (Å²) >= 11 is 0. The Balaban J connectivity index is 3.65. The van der Waals surface area contributed by atoms with Crippen LogP contribution in [0.2, 0.25) is 0 Å². The normalized spacial score (nSPS) is 12.4. The molecule has 0 aliphatic heterocycles. The highest BCUT2D eigenvalue weighted by Crippen LogP contribution is 2.14. The molecule has 0 saturated carbocycles. The van der Waals surface area contributed by atoms with Gasteiger partial charge in [0.2, 0.25) is 5.91 Å². The van der Waals surface area contributed by atoms with Gasteiger partial charge in [-0.2, -0.15) is 0 Å². The molecule has 0 aromatic carbocycles. The summed E-state index contributed by atoms with van der Waals surface area (Å²) in [4.78, 5) is 11.7. The molecule has 1 atom stereocenters. The summed E-state index contributed by atoms with van der Waals surface area (Å²) in [5.41, 5.74) is 0. The molecule has 96 valence electrons. The number of methoxy groups -OCH3 is 1. The van der Waals surface area contributed by atoms with E-state index < -0.39 is 0 Å². The minimum atomic E-state index is 0.189. The van der Waals surface area contributed by atoms with Crippen LogP contribution in [0, 0.1) is 5.92 Å². The predicted molar refractivity (Wildman–Crippen MR) is 67.4 cm³/mol. The number of hydrogen-bond donors (Lipinski definition) is 1. The van der Waals surface area contributed by atoms with E-state index in [1.165, 1.54) is 25.7 Å². The second-order valence-electron chi connectivity index (χ2n) is 4.24. The minimum Gasteiger partial charge on any atom is -0.383 e. The molecular formula is C13H27NO2. The van der Waals surface area contributed by atoms with E-state index in [-0.39, 0.29) is 11.8 Å². The smallest absolute Gasteiger partial charge is 0.223 e. The van der Waals surface area contributed by atoms with Crippen molar-refractivity contribution < 1.29 is 9.53 Å². The Morgan fingerprint density at radius 2 is 2.00 bits per heavy atom. The summed E-state index contributed by atoms with van der Waals surface area (Å²) in [7, 11) is 1.65. The van der Waals surface area contributed by atoms with Crippen LogP contribution in [-0.2, 0) is 9.53 Å². The first-order chi connectivity index (χ1) is 7.76. The molecule has 0 saturated heterocycles. The number of carbonyl (C=O) groups is 1. The number of unbranched alkanes of at least 4 members (excludes halogenated alkanes) is 3. The second kappa shape index (κ2) is 10.9. The van der Waals surface area contributed by atoms with Crippen LogP contribution < -0.4 is 5.32 Å². The first kappa shape index (κ1) is 15.4. The third-order valence-electron chi connectivity index (χ3n) is 2.88. The van der Waals surface area contributed by atoms with Crippen LogP contribution in [0.15, 0.2) is 0 Å². The zero-order valence-electron chi connectivity index (χ0n) is 11.1. The van der Waals surface area contributed by atoms with Gasteiger partial charge in [-0.05, 0) is 12.8 Å². The van der Waals surface area contributed by atoms with Gasteiger partial charge in [0.1, 0.15) is 0 Å². The van der Waals surface area contributed by atoms with Gasteiger partial charge in [0.25, 0.3) is 0 Å². The fraction of sp³-hybridized carbons (Fsp3) is 0.923. The maximum atomic E-state index is 11.7. The molecule has 0 rings (SSSR count). The highest BCUT2D eigenvalue weighted by atomic mass is 16.5. The first-order valence-corrected chi connectivity index (χ1v) is 6.52. The molecule has 16 heavy (non-hydrogen) atoms. The summed E-state index contributed by atoms with van der Waals surface area (Å²) < 4.78 is 4.90. The number of amides is 1. The molecule has 0 aromatic rings. The fourth-order valence-corrected chi connectivity index (χ4v) is 1.76. The number of hydrogen-bond acceptors (Lipinski definition) is 2. The summed E-state index contributed by atoms with van der Waals surface area (Å²) in [6.45, 7) is 5.51. The maximum Gasteiger partial charge on any atom is 0.223 e. The topological polar surface area (TPSA) is 38.3 Å². The molecule has 0 aliphatic rings. The van der Waals surface area contributed by atoms with Gasteiger partial charge in [0, 0.05) is 19.6 Å². The third kappa shape index (κ3) is 7.69. The van der Waals surface area contributed by atoms with Crippen molar-refractivity contribution in [2.24, 2.45) is 5.92 Å². The van der Waals surface area contributed by atoms with Gasteiger partial charge < -0.3 is 10.1 Å². The lowest BCUT2D eigenvalue weighted by Crippen LogP contribution is -2.32. The third-order valence-corrected chi connectivity index (χ3v) is 2.88. The summed E-state index contributed by atoms with van der Waals surface area (Å²) in [5, 5.41) is 2.91. The first-order valence-electron chi connectivity index (χ1n) is 6.52. The van der Waals surface area contributed by atoms with Gasteiger partial charge in [-0.15, -0.1) is 0 Å². The van der Waals surface area contributed by atoms with Crippen molar-refractivity contribution in [3.63, 3.8) is 0 Å². The van der Waals surface area contributed by atoms with Gasteiger partial charge in [-0.1, -0.05) is 39.5 Å². The van der Waals surface area contributed by atoms with E-state index in [1.54, 1.807) is 7.11 Å².